The fraction of sp³-hybridized carbons (Fsp3) is 0.500. The van der Waals surface area contributed by atoms with Crippen molar-refractivity contribution in [2.45, 2.75) is 37.7 Å². The summed E-state index contributed by atoms with van der Waals surface area (Å²) < 4.78 is 0. The van der Waals surface area contributed by atoms with Crippen molar-refractivity contribution in [3.63, 3.8) is 0 Å². The second kappa shape index (κ2) is 4.73. The lowest BCUT2D eigenvalue weighted by atomic mass is 9.82. The highest BCUT2D eigenvalue weighted by Crippen LogP contribution is 2.40. The van der Waals surface area contributed by atoms with Crippen LogP contribution in [0.1, 0.15) is 37.2 Å². The summed E-state index contributed by atoms with van der Waals surface area (Å²) in [5.41, 5.74) is 0.924. The van der Waals surface area contributed by atoms with Gasteiger partial charge in [-0.2, -0.15) is 0 Å². The summed E-state index contributed by atoms with van der Waals surface area (Å²) >= 11 is 12.3. The molecule has 1 aliphatic rings. The lowest BCUT2D eigenvalue weighted by molar-refractivity contribution is 0.106. The molecular weight excluding hydrogens is 231 g/mol. The number of hydrogen-bond donors (Lipinski definition) is 1. The minimum atomic E-state index is -0.295. The molecule has 0 saturated heterocycles. The van der Waals surface area contributed by atoms with E-state index in [4.69, 9.17) is 23.2 Å². The van der Waals surface area contributed by atoms with Crippen LogP contribution in [0.3, 0.4) is 0 Å². The van der Waals surface area contributed by atoms with Gasteiger partial charge in [-0.25, -0.2) is 0 Å². The van der Waals surface area contributed by atoms with Gasteiger partial charge < -0.3 is 5.11 Å². The predicted octanol–water partition coefficient (Wildman–Crippen LogP) is 4.01. The van der Waals surface area contributed by atoms with E-state index in [1.54, 1.807) is 0 Å². The molecule has 0 amide bonds. The molecule has 2 atom stereocenters. The highest BCUT2D eigenvalue weighted by atomic mass is 35.5. The van der Waals surface area contributed by atoms with Gasteiger partial charge >= 0.3 is 0 Å². The van der Waals surface area contributed by atoms with Crippen LogP contribution in [0.5, 0.6) is 0 Å². The van der Waals surface area contributed by atoms with Crippen LogP contribution in [-0.2, 0) is 0 Å². The molecule has 0 radical (unpaired) electrons. The van der Waals surface area contributed by atoms with E-state index in [2.05, 4.69) is 0 Å². The van der Waals surface area contributed by atoms with Crippen LogP contribution in [0.15, 0.2) is 18.2 Å². The fourth-order valence-corrected chi connectivity index (χ4v) is 2.99. The minimum Gasteiger partial charge on any atom is -0.392 e. The van der Waals surface area contributed by atoms with Gasteiger partial charge in [-0.05, 0) is 30.5 Å². The number of hydrogen-bond acceptors (Lipinski definition) is 1. The third-order valence-electron chi connectivity index (χ3n) is 3.10. The SMILES string of the molecule is OC1CCCCC1c1c(Cl)cccc1Cl. The topological polar surface area (TPSA) is 20.2 Å². The monoisotopic (exact) mass is 244 g/mol. The van der Waals surface area contributed by atoms with Crippen molar-refractivity contribution < 1.29 is 5.11 Å². The lowest BCUT2D eigenvalue weighted by Gasteiger charge is -2.29. The zero-order valence-corrected chi connectivity index (χ0v) is 9.93. The van der Waals surface area contributed by atoms with Crippen LogP contribution in [0.25, 0.3) is 0 Å². The Hall–Kier alpha value is -0.240. The summed E-state index contributed by atoms with van der Waals surface area (Å²) in [6, 6.07) is 5.51. The first-order valence-corrected chi connectivity index (χ1v) is 6.07. The summed E-state index contributed by atoms with van der Waals surface area (Å²) in [6.07, 6.45) is 3.77. The highest BCUT2D eigenvalue weighted by Gasteiger charge is 2.27. The van der Waals surface area contributed by atoms with Crippen molar-refractivity contribution in [3.05, 3.63) is 33.8 Å². The first kappa shape index (κ1) is 11.3. The molecule has 1 nitrogen and oxygen atoms in total. The fourth-order valence-electron chi connectivity index (χ4n) is 2.31. The Morgan fingerprint density at radius 3 is 2.27 bits per heavy atom. The zero-order valence-electron chi connectivity index (χ0n) is 8.42. The second-order valence-corrected chi connectivity index (χ2v) is 4.91. The molecule has 0 heterocycles. The molecular formula is C12H14Cl2O. The molecule has 1 fully saturated rings. The van der Waals surface area contributed by atoms with E-state index in [1.807, 2.05) is 18.2 Å². The van der Waals surface area contributed by atoms with Gasteiger partial charge in [0, 0.05) is 16.0 Å². The Balaban J connectivity index is 2.35. The smallest absolute Gasteiger partial charge is 0.0609 e. The van der Waals surface area contributed by atoms with E-state index in [0.29, 0.717) is 10.0 Å². The summed E-state index contributed by atoms with van der Waals surface area (Å²) in [7, 11) is 0. The van der Waals surface area contributed by atoms with Gasteiger partial charge in [0.1, 0.15) is 0 Å². The molecule has 0 aromatic heterocycles. The van der Waals surface area contributed by atoms with Gasteiger partial charge in [-0.3, -0.25) is 0 Å². The molecule has 82 valence electrons. The summed E-state index contributed by atoms with van der Waals surface area (Å²) in [5.74, 6) is 0.111. The first-order valence-electron chi connectivity index (χ1n) is 5.32. The minimum absolute atomic E-state index is 0.111. The highest BCUT2D eigenvalue weighted by molar-refractivity contribution is 6.36. The van der Waals surface area contributed by atoms with Gasteiger partial charge in [0.05, 0.1) is 6.10 Å². The molecule has 15 heavy (non-hydrogen) atoms. The largest absolute Gasteiger partial charge is 0.392 e. The zero-order chi connectivity index (χ0) is 10.8. The maximum atomic E-state index is 9.95. The molecule has 1 aromatic rings. The normalized spacial score (nSPS) is 26.6. The van der Waals surface area contributed by atoms with Crippen LogP contribution in [0, 0.1) is 0 Å². The van der Waals surface area contributed by atoms with Gasteiger partial charge in [0.15, 0.2) is 0 Å². The van der Waals surface area contributed by atoms with E-state index >= 15 is 0 Å². The van der Waals surface area contributed by atoms with E-state index in [-0.39, 0.29) is 12.0 Å². The summed E-state index contributed by atoms with van der Waals surface area (Å²) in [6.45, 7) is 0. The molecule has 0 bridgehead atoms. The van der Waals surface area contributed by atoms with Crippen molar-refractivity contribution in [2.24, 2.45) is 0 Å². The Labute approximate surface area is 100 Å². The maximum absolute atomic E-state index is 9.95. The van der Waals surface area contributed by atoms with Crippen LogP contribution >= 0.6 is 23.2 Å². The average molecular weight is 245 g/mol. The van der Waals surface area contributed by atoms with Crippen LogP contribution in [0.2, 0.25) is 10.0 Å². The quantitative estimate of drug-likeness (QED) is 0.792. The van der Waals surface area contributed by atoms with Crippen molar-refractivity contribution in [2.75, 3.05) is 0 Å². The van der Waals surface area contributed by atoms with Crippen LogP contribution < -0.4 is 0 Å². The summed E-state index contributed by atoms with van der Waals surface area (Å²) in [4.78, 5) is 0. The van der Waals surface area contributed by atoms with Gasteiger partial charge in [0.2, 0.25) is 0 Å². The van der Waals surface area contributed by atoms with Crippen LogP contribution in [-0.4, -0.2) is 11.2 Å². The van der Waals surface area contributed by atoms with E-state index in [9.17, 15) is 5.11 Å². The molecule has 2 unspecified atom stereocenters. The number of benzene rings is 1. The third-order valence-corrected chi connectivity index (χ3v) is 3.76. The Bertz CT molecular complexity index is 331. The van der Waals surface area contributed by atoms with E-state index < -0.39 is 0 Å². The Kier molecular flexibility index (Phi) is 3.55. The maximum Gasteiger partial charge on any atom is 0.0609 e. The Morgan fingerprint density at radius 2 is 1.67 bits per heavy atom. The molecule has 1 N–H and O–H groups in total. The number of aliphatic hydroxyl groups excluding tert-OH is 1. The van der Waals surface area contributed by atoms with Gasteiger partial charge in [-0.1, -0.05) is 42.1 Å². The van der Waals surface area contributed by atoms with E-state index in [0.717, 1.165) is 31.2 Å². The lowest BCUT2D eigenvalue weighted by Crippen LogP contribution is -2.23. The van der Waals surface area contributed by atoms with Gasteiger partial charge in [0.25, 0.3) is 0 Å². The van der Waals surface area contributed by atoms with Crippen molar-refractivity contribution >= 4 is 23.2 Å². The van der Waals surface area contributed by atoms with Crippen molar-refractivity contribution in [1.29, 1.82) is 0 Å². The first-order chi connectivity index (χ1) is 7.20. The van der Waals surface area contributed by atoms with Crippen molar-refractivity contribution in [3.8, 4) is 0 Å². The molecule has 0 aliphatic heterocycles. The summed E-state index contributed by atoms with van der Waals surface area (Å²) in [5, 5.41) is 11.3. The predicted molar refractivity (Wildman–Crippen MR) is 63.7 cm³/mol. The molecule has 1 aromatic carbocycles. The second-order valence-electron chi connectivity index (χ2n) is 4.09. The average Bonchev–Trinajstić information content (AvgIpc) is 2.20. The molecule has 3 heteroatoms. The molecule has 0 spiro atoms. The number of rotatable bonds is 1. The Morgan fingerprint density at radius 1 is 1.07 bits per heavy atom. The number of aliphatic hydroxyl groups is 1. The van der Waals surface area contributed by atoms with Crippen LogP contribution in [0.4, 0.5) is 0 Å². The molecule has 1 saturated carbocycles. The third kappa shape index (κ3) is 2.30. The van der Waals surface area contributed by atoms with Crippen molar-refractivity contribution in [1.82, 2.24) is 0 Å². The number of halogens is 2. The standard InChI is InChI=1S/C12H14Cl2O/c13-9-5-3-6-10(14)12(9)8-4-1-2-7-11(8)15/h3,5-6,8,11,15H,1-2,4,7H2. The van der Waals surface area contributed by atoms with E-state index in [1.165, 1.54) is 0 Å². The molecule has 2 rings (SSSR count). The molecule has 1 aliphatic carbocycles. The van der Waals surface area contributed by atoms with Gasteiger partial charge in [-0.15, -0.1) is 0 Å².